The van der Waals surface area contributed by atoms with E-state index in [1.807, 2.05) is 27.7 Å². The molecule has 1 amide bonds. The first-order valence-corrected chi connectivity index (χ1v) is 6.36. The molecule has 18 heavy (non-hydrogen) atoms. The number of aliphatic carboxylic acids is 1. The van der Waals surface area contributed by atoms with Crippen molar-refractivity contribution in [2.24, 2.45) is 5.41 Å². The lowest BCUT2D eigenvalue weighted by Gasteiger charge is -2.30. The predicted octanol–water partition coefficient (Wildman–Crippen LogP) is 1.81. The summed E-state index contributed by atoms with van der Waals surface area (Å²) in [6, 6.07) is -0.352. The van der Waals surface area contributed by atoms with E-state index in [1.165, 1.54) is 0 Å². The number of carbonyl (C=O) groups is 2. The maximum atomic E-state index is 11.7. The molecule has 0 aliphatic carbocycles. The van der Waals surface area contributed by atoms with Crippen molar-refractivity contribution in [1.82, 2.24) is 5.32 Å². The van der Waals surface area contributed by atoms with E-state index in [0.29, 0.717) is 26.1 Å². The quantitative estimate of drug-likeness (QED) is 0.652. The van der Waals surface area contributed by atoms with E-state index in [4.69, 9.17) is 9.84 Å². The van der Waals surface area contributed by atoms with Gasteiger partial charge in [0, 0.05) is 25.7 Å². The van der Waals surface area contributed by atoms with Gasteiger partial charge in [-0.3, -0.25) is 9.59 Å². The molecule has 0 saturated carbocycles. The summed E-state index contributed by atoms with van der Waals surface area (Å²) in [5, 5.41) is 11.6. The monoisotopic (exact) mass is 259 g/mol. The molecule has 2 N–H and O–H groups in total. The molecule has 5 heteroatoms. The predicted molar refractivity (Wildman–Crippen MR) is 69.4 cm³/mol. The summed E-state index contributed by atoms with van der Waals surface area (Å²) in [7, 11) is 0. The molecular formula is C13H25NO4. The molecule has 0 fully saturated rings. The third kappa shape index (κ3) is 8.06. The molecule has 1 atom stereocenters. The Morgan fingerprint density at radius 3 is 2.39 bits per heavy atom. The van der Waals surface area contributed by atoms with Crippen LogP contribution in [-0.4, -0.2) is 36.2 Å². The number of carboxylic acids is 1. The Bertz CT molecular complexity index is 271. The van der Waals surface area contributed by atoms with E-state index in [1.54, 1.807) is 0 Å². The molecule has 1 unspecified atom stereocenters. The highest BCUT2D eigenvalue weighted by molar-refractivity contribution is 5.77. The summed E-state index contributed by atoms with van der Waals surface area (Å²) in [5.74, 6) is -1.01. The summed E-state index contributed by atoms with van der Waals surface area (Å²) >= 11 is 0. The zero-order valence-corrected chi connectivity index (χ0v) is 11.8. The average Bonchev–Trinajstić information content (AvgIpc) is 2.21. The third-order valence-corrected chi connectivity index (χ3v) is 2.66. The van der Waals surface area contributed by atoms with E-state index in [0.717, 1.165) is 0 Å². The molecule has 0 saturated heterocycles. The van der Waals surface area contributed by atoms with Crippen molar-refractivity contribution in [2.45, 2.75) is 53.0 Å². The summed E-state index contributed by atoms with van der Waals surface area (Å²) < 4.78 is 5.15. The van der Waals surface area contributed by atoms with Gasteiger partial charge >= 0.3 is 5.97 Å². The van der Waals surface area contributed by atoms with Crippen molar-refractivity contribution in [1.29, 1.82) is 0 Å². The van der Waals surface area contributed by atoms with Crippen LogP contribution in [0.15, 0.2) is 0 Å². The smallest absolute Gasteiger partial charge is 0.305 e. The van der Waals surface area contributed by atoms with Crippen LogP contribution in [-0.2, 0) is 14.3 Å². The second kappa shape index (κ2) is 8.08. The number of carboxylic acid groups (broad SMARTS) is 1. The van der Waals surface area contributed by atoms with Crippen molar-refractivity contribution in [3.8, 4) is 0 Å². The number of hydrogen-bond donors (Lipinski definition) is 2. The number of rotatable bonds is 8. The lowest BCUT2D eigenvalue weighted by molar-refractivity contribution is -0.138. The normalized spacial score (nSPS) is 13.1. The van der Waals surface area contributed by atoms with Crippen LogP contribution in [0.25, 0.3) is 0 Å². The van der Waals surface area contributed by atoms with E-state index in [-0.39, 0.29) is 23.8 Å². The van der Waals surface area contributed by atoms with Crippen LogP contribution in [0.1, 0.15) is 47.0 Å². The fraction of sp³-hybridized carbons (Fsp3) is 0.846. The lowest BCUT2D eigenvalue weighted by Crippen LogP contribution is -2.45. The van der Waals surface area contributed by atoms with Crippen LogP contribution in [0.5, 0.6) is 0 Å². The molecular weight excluding hydrogens is 234 g/mol. The molecule has 0 aromatic carbocycles. The summed E-state index contributed by atoms with van der Waals surface area (Å²) in [6.07, 6.45) is 0.969. The lowest BCUT2D eigenvalue weighted by atomic mass is 9.84. The van der Waals surface area contributed by atoms with Gasteiger partial charge in [-0.05, 0) is 18.8 Å². The Labute approximate surface area is 109 Å². The summed E-state index contributed by atoms with van der Waals surface area (Å²) in [4.78, 5) is 22.5. The Balaban J connectivity index is 4.15. The topological polar surface area (TPSA) is 75.6 Å². The largest absolute Gasteiger partial charge is 0.481 e. The first-order chi connectivity index (χ1) is 8.27. The van der Waals surface area contributed by atoms with Crippen molar-refractivity contribution in [2.75, 3.05) is 13.2 Å². The van der Waals surface area contributed by atoms with Crippen LogP contribution >= 0.6 is 0 Å². The molecule has 0 aromatic heterocycles. The van der Waals surface area contributed by atoms with Crippen molar-refractivity contribution >= 4 is 11.9 Å². The van der Waals surface area contributed by atoms with Gasteiger partial charge in [0.15, 0.2) is 0 Å². The standard InChI is InChI=1S/C13H25NO4/c1-5-18-8-6-7-11(15)14-10(9-12(16)17)13(2,3)4/h10H,5-9H2,1-4H3,(H,14,15)(H,16,17). The maximum absolute atomic E-state index is 11.7. The molecule has 0 aliphatic rings. The zero-order valence-electron chi connectivity index (χ0n) is 11.8. The Hall–Kier alpha value is -1.10. The maximum Gasteiger partial charge on any atom is 0.305 e. The van der Waals surface area contributed by atoms with Crippen LogP contribution in [0, 0.1) is 5.41 Å². The zero-order chi connectivity index (χ0) is 14.2. The Morgan fingerprint density at radius 1 is 1.33 bits per heavy atom. The average molecular weight is 259 g/mol. The van der Waals surface area contributed by atoms with Crippen molar-refractivity contribution in [3.05, 3.63) is 0 Å². The number of ether oxygens (including phenoxy) is 1. The van der Waals surface area contributed by atoms with E-state index in [2.05, 4.69) is 5.32 Å². The van der Waals surface area contributed by atoms with Gasteiger partial charge in [0.05, 0.1) is 6.42 Å². The summed E-state index contributed by atoms with van der Waals surface area (Å²) in [6.45, 7) is 8.86. The van der Waals surface area contributed by atoms with Gasteiger partial charge in [-0.2, -0.15) is 0 Å². The van der Waals surface area contributed by atoms with Gasteiger partial charge in [0.25, 0.3) is 0 Å². The van der Waals surface area contributed by atoms with Crippen LogP contribution in [0.2, 0.25) is 0 Å². The van der Waals surface area contributed by atoms with Gasteiger partial charge in [-0.15, -0.1) is 0 Å². The molecule has 0 aromatic rings. The van der Waals surface area contributed by atoms with Gasteiger partial charge in [0.2, 0.25) is 5.91 Å². The highest BCUT2D eigenvalue weighted by atomic mass is 16.5. The van der Waals surface area contributed by atoms with Crippen LogP contribution in [0.3, 0.4) is 0 Å². The van der Waals surface area contributed by atoms with Crippen LogP contribution < -0.4 is 5.32 Å². The summed E-state index contributed by atoms with van der Waals surface area (Å²) in [5.41, 5.74) is -0.270. The molecule has 0 heterocycles. The minimum absolute atomic E-state index is 0.0549. The van der Waals surface area contributed by atoms with Gasteiger partial charge in [0.1, 0.15) is 0 Å². The van der Waals surface area contributed by atoms with Crippen molar-refractivity contribution < 1.29 is 19.4 Å². The molecule has 0 spiro atoms. The molecule has 106 valence electrons. The van der Waals surface area contributed by atoms with Gasteiger partial charge in [-0.25, -0.2) is 0 Å². The SMILES string of the molecule is CCOCCCC(=O)NC(CC(=O)O)C(C)(C)C. The minimum Gasteiger partial charge on any atom is -0.481 e. The van der Waals surface area contributed by atoms with E-state index in [9.17, 15) is 9.59 Å². The number of carbonyl (C=O) groups excluding carboxylic acids is 1. The third-order valence-electron chi connectivity index (χ3n) is 2.66. The molecule has 0 aliphatic heterocycles. The van der Waals surface area contributed by atoms with E-state index < -0.39 is 5.97 Å². The van der Waals surface area contributed by atoms with Gasteiger partial charge in [-0.1, -0.05) is 20.8 Å². The highest BCUT2D eigenvalue weighted by Crippen LogP contribution is 2.22. The highest BCUT2D eigenvalue weighted by Gasteiger charge is 2.28. The van der Waals surface area contributed by atoms with E-state index >= 15 is 0 Å². The Morgan fingerprint density at radius 2 is 1.94 bits per heavy atom. The second-order valence-corrected chi connectivity index (χ2v) is 5.38. The number of amides is 1. The second-order valence-electron chi connectivity index (χ2n) is 5.38. The minimum atomic E-state index is -0.899. The number of nitrogens with one attached hydrogen (secondary N) is 1. The Kier molecular flexibility index (Phi) is 7.59. The molecule has 0 radical (unpaired) electrons. The fourth-order valence-electron chi connectivity index (χ4n) is 1.49. The molecule has 5 nitrogen and oxygen atoms in total. The van der Waals surface area contributed by atoms with Crippen molar-refractivity contribution in [3.63, 3.8) is 0 Å². The first-order valence-electron chi connectivity index (χ1n) is 6.36. The first kappa shape index (κ1) is 16.9. The van der Waals surface area contributed by atoms with Gasteiger partial charge < -0.3 is 15.2 Å². The van der Waals surface area contributed by atoms with Crippen LogP contribution in [0.4, 0.5) is 0 Å². The number of hydrogen-bond acceptors (Lipinski definition) is 3. The molecule has 0 bridgehead atoms. The fourth-order valence-corrected chi connectivity index (χ4v) is 1.49. The molecule has 0 rings (SSSR count).